The molecule has 5 rings (SSSR count). The summed E-state index contributed by atoms with van der Waals surface area (Å²) < 4.78 is 25.8. The van der Waals surface area contributed by atoms with Gasteiger partial charge in [-0.15, -0.1) is 0 Å². The number of hydrogen-bond donors (Lipinski definition) is 0. The number of oxazole rings is 1. The van der Waals surface area contributed by atoms with E-state index in [-0.39, 0.29) is 36.4 Å². The van der Waals surface area contributed by atoms with E-state index in [0.29, 0.717) is 5.89 Å². The maximum absolute atomic E-state index is 13.2. The van der Waals surface area contributed by atoms with Crippen molar-refractivity contribution in [2.45, 2.75) is 78.8 Å². The second-order valence-electron chi connectivity index (χ2n) is 13.1. The number of carbonyl (C=O) groups is 1. The van der Waals surface area contributed by atoms with Gasteiger partial charge in [-0.25, -0.2) is 4.98 Å². The van der Waals surface area contributed by atoms with E-state index in [1.807, 2.05) is 52.0 Å². The molecular weight excluding hydrogens is 579 g/mol. The van der Waals surface area contributed by atoms with Crippen molar-refractivity contribution < 1.29 is 23.1 Å². The average molecular weight is 624 g/mol. The van der Waals surface area contributed by atoms with Crippen LogP contribution in [0.15, 0.2) is 107 Å². The molecule has 0 unspecified atom stereocenters. The fourth-order valence-electron chi connectivity index (χ4n) is 6.51. The molecule has 1 aromatic heterocycles. The summed E-state index contributed by atoms with van der Waals surface area (Å²) in [5.74, 6) is 0.183. The lowest BCUT2D eigenvalue weighted by Crippen LogP contribution is -2.72. The predicted octanol–water partition coefficient (Wildman–Crippen LogP) is 6.21. The predicted molar refractivity (Wildman–Crippen MR) is 181 cm³/mol. The van der Waals surface area contributed by atoms with Gasteiger partial charge < -0.3 is 18.3 Å². The van der Waals surface area contributed by atoms with Gasteiger partial charge in [0.15, 0.2) is 5.89 Å². The number of benzene rings is 3. The van der Waals surface area contributed by atoms with E-state index in [1.165, 1.54) is 15.6 Å². The molecule has 0 bridgehead atoms. The summed E-state index contributed by atoms with van der Waals surface area (Å²) in [6.45, 7) is 13.9. The van der Waals surface area contributed by atoms with Gasteiger partial charge in [0.2, 0.25) is 0 Å². The van der Waals surface area contributed by atoms with Crippen molar-refractivity contribution in [3.63, 3.8) is 0 Å². The standard InChI is InChI=1S/C38H45NO5Si/c1-26(23-30-25-41-29(4)39-30)36-28(3)37(27(2)34(42-36)24-35(40)43-38(5,6)7)44-45(31-17-11-8-12-18-31,32-19-13-9-14-20-32)33-21-15-10-16-22-33/h8-23,25,27-28,34,36-37H,24H2,1-7H3/b26-23+/t27-,28-,34+,36-,37-/m0/s1. The molecule has 1 aliphatic heterocycles. The summed E-state index contributed by atoms with van der Waals surface area (Å²) in [6.07, 6.45) is 2.82. The minimum absolute atomic E-state index is 0.0397. The first kappa shape index (κ1) is 32.6. The van der Waals surface area contributed by atoms with Crippen LogP contribution in [0.3, 0.4) is 0 Å². The van der Waals surface area contributed by atoms with Crippen molar-refractivity contribution >= 4 is 35.9 Å². The molecule has 45 heavy (non-hydrogen) atoms. The van der Waals surface area contributed by atoms with Crippen LogP contribution in [0.1, 0.15) is 59.5 Å². The monoisotopic (exact) mass is 623 g/mol. The Labute approximate surface area is 268 Å². The molecule has 236 valence electrons. The van der Waals surface area contributed by atoms with Crippen LogP contribution in [0.25, 0.3) is 6.08 Å². The Kier molecular flexibility index (Phi) is 9.92. The molecule has 3 aromatic carbocycles. The number of carbonyl (C=O) groups excluding carboxylic acids is 1. The van der Waals surface area contributed by atoms with E-state index in [9.17, 15) is 4.79 Å². The van der Waals surface area contributed by atoms with Gasteiger partial charge in [-0.3, -0.25) is 4.79 Å². The molecule has 1 saturated heterocycles. The first-order chi connectivity index (χ1) is 21.5. The summed E-state index contributed by atoms with van der Waals surface area (Å²) in [5, 5.41) is 3.50. The number of hydrogen-bond acceptors (Lipinski definition) is 6. The summed E-state index contributed by atoms with van der Waals surface area (Å²) >= 11 is 0. The molecule has 0 aliphatic carbocycles. The van der Waals surface area contributed by atoms with E-state index >= 15 is 0 Å². The van der Waals surface area contributed by atoms with Gasteiger partial charge in [0, 0.05) is 18.8 Å². The fraction of sp³-hybridized carbons (Fsp3) is 0.368. The Morgan fingerprint density at radius 2 is 1.38 bits per heavy atom. The smallest absolute Gasteiger partial charge is 0.308 e. The maximum Gasteiger partial charge on any atom is 0.308 e. The normalized spacial score (nSPS) is 22.6. The van der Waals surface area contributed by atoms with E-state index in [4.69, 9.17) is 18.3 Å². The molecule has 0 radical (unpaired) electrons. The zero-order valence-electron chi connectivity index (χ0n) is 27.4. The van der Waals surface area contributed by atoms with Crippen LogP contribution in [0.5, 0.6) is 0 Å². The summed E-state index contributed by atoms with van der Waals surface area (Å²) in [6, 6.07) is 31.8. The highest BCUT2D eigenvalue weighted by Crippen LogP contribution is 2.39. The molecule has 1 aliphatic rings. The van der Waals surface area contributed by atoms with Crippen LogP contribution in [-0.2, 0) is 18.7 Å². The van der Waals surface area contributed by atoms with Gasteiger partial charge in [0.05, 0.1) is 24.7 Å². The average Bonchev–Trinajstić information content (AvgIpc) is 3.43. The fourth-order valence-corrected chi connectivity index (χ4v) is 10.7. The lowest BCUT2D eigenvalue weighted by molar-refractivity contribution is -0.173. The number of aryl methyl sites for hydroxylation is 1. The summed E-state index contributed by atoms with van der Waals surface area (Å²) in [7, 11) is -3.06. The minimum Gasteiger partial charge on any atom is -0.460 e. The van der Waals surface area contributed by atoms with Crippen LogP contribution in [0.2, 0.25) is 0 Å². The molecule has 0 N–H and O–H groups in total. The van der Waals surface area contributed by atoms with Crippen LogP contribution < -0.4 is 15.6 Å². The number of nitrogens with zero attached hydrogens (tertiary/aromatic N) is 1. The Balaban J connectivity index is 1.63. The van der Waals surface area contributed by atoms with Crippen LogP contribution in [0.4, 0.5) is 0 Å². The van der Waals surface area contributed by atoms with E-state index < -0.39 is 20.0 Å². The van der Waals surface area contributed by atoms with Gasteiger partial charge >= 0.3 is 5.97 Å². The highest BCUT2D eigenvalue weighted by atomic mass is 28.4. The van der Waals surface area contributed by atoms with Gasteiger partial charge in [0.25, 0.3) is 8.32 Å². The molecule has 0 spiro atoms. The summed E-state index contributed by atoms with van der Waals surface area (Å²) in [5.41, 5.74) is 1.15. The molecule has 7 heteroatoms. The molecule has 4 aromatic rings. The molecular formula is C38H45NO5Si. The van der Waals surface area contributed by atoms with Crippen molar-refractivity contribution in [2.75, 3.05) is 0 Å². The number of ether oxygens (including phenoxy) is 2. The Bertz CT molecular complexity index is 1480. The Hall–Kier alpha value is -3.78. The van der Waals surface area contributed by atoms with Crippen LogP contribution in [-0.4, -0.2) is 43.2 Å². The third-order valence-electron chi connectivity index (χ3n) is 8.52. The van der Waals surface area contributed by atoms with Gasteiger partial charge in [0.1, 0.15) is 17.6 Å². The quantitative estimate of drug-likeness (QED) is 0.125. The Morgan fingerprint density at radius 1 is 0.867 bits per heavy atom. The third-order valence-corrected chi connectivity index (χ3v) is 12.6. The third kappa shape index (κ3) is 7.38. The van der Waals surface area contributed by atoms with Gasteiger partial charge in [-0.1, -0.05) is 105 Å². The van der Waals surface area contributed by atoms with Crippen molar-refractivity contribution in [1.82, 2.24) is 4.98 Å². The van der Waals surface area contributed by atoms with Crippen LogP contribution in [0, 0.1) is 18.8 Å². The molecule has 0 saturated carbocycles. The molecule has 2 heterocycles. The first-order valence-corrected chi connectivity index (χ1v) is 17.7. The van der Waals surface area contributed by atoms with Crippen molar-refractivity contribution in [2.24, 2.45) is 11.8 Å². The van der Waals surface area contributed by atoms with Crippen molar-refractivity contribution in [3.05, 3.63) is 114 Å². The minimum atomic E-state index is -3.06. The lowest BCUT2D eigenvalue weighted by atomic mass is 9.79. The molecule has 5 atom stereocenters. The second-order valence-corrected chi connectivity index (χ2v) is 16.5. The number of esters is 1. The van der Waals surface area contributed by atoms with E-state index in [0.717, 1.165) is 11.3 Å². The zero-order chi connectivity index (χ0) is 32.2. The highest BCUT2D eigenvalue weighted by molar-refractivity contribution is 7.07. The second kappa shape index (κ2) is 13.7. The molecule has 0 amide bonds. The lowest BCUT2D eigenvalue weighted by Gasteiger charge is -2.49. The highest BCUT2D eigenvalue weighted by Gasteiger charge is 2.50. The Morgan fingerprint density at radius 3 is 1.82 bits per heavy atom. The zero-order valence-corrected chi connectivity index (χ0v) is 28.4. The summed E-state index contributed by atoms with van der Waals surface area (Å²) in [4.78, 5) is 17.7. The molecule has 6 nitrogen and oxygen atoms in total. The van der Waals surface area contributed by atoms with Gasteiger partial charge in [-0.05, 0) is 54.9 Å². The molecule has 1 fully saturated rings. The van der Waals surface area contributed by atoms with Crippen molar-refractivity contribution in [1.29, 1.82) is 0 Å². The SMILES string of the molecule is C/C(=C\c1coc(C)n1)[C@@H]1O[C@H](CC(=O)OC(C)(C)C)[C@H](C)[C@H](O[Si](c2ccccc2)(c2ccccc2)c2ccccc2)[C@H]1C. The van der Waals surface area contributed by atoms with E-state index in [2.05, 4.69) is 98.6 Å². The topological polar surface area (TPSA) is 70.8 Å². The first-order valence-electron chi connectivity index (χ1n) is 15.8. The number of rotatable bonds is 9. The number of aromatic nitrogens is 1. The van der Waals surface area contributed by atoms with Crippen LogP contribution >= 0.6 is 0 Å². The maximum atomic E-state index is 13.2. The van der Waals surface area contributed by atoms with Crippen molar-refractivity contribution in [3.8, 4) is 0 Å². The van der Waals surface area contributed by atoms with Gasteiger partial charge in [-0.2, -0.15) is 0 Å². The largest absolute Gasteiger partial charge is 0.460 e. The van der Waals surface area contributed by atoms with E-state index in [1.54, 1.807) is 6.26 Å².